The first kappa shape index (κ1) is 12.9. The quantitative estimate of drug-likeness (QED) is 0.903. The van der Waals surface area contributed by atoms with Crippen molar-refractivity contribution in [1.29, 1.82) is 0 Å². The fourth-order valence-corrected chi connectivity index (χ4v) is 1.64. The summed E-state index contributed by atoms with van der Waals surface area (Å²) in [5, 5.41) is 8.90. The molecule has 1 N–H and O–H groups in total. The number of pyridine rings is 1. The predicted octanol–water partition coefficient (Wildman–Crippen LogP) is 1.94. The summed E-state index contributed by atoms with van der Waals surface area (Å²) < 4.78 is 5.30. The number of aromatic nitrogens is 3. The lowest BCUT2D eigenvalue weighted by molar-refractivity contribution is 0.0690. The molecular weight excluding hydrogens is 246 g/mol. The molecule has 2 aromatic rings. The summed E-state index contributed by atoms with van der Waals surface area (Å²) in [5.74, 6) is -0.572. The monoisotopic (exact) mass is 259 g/mol. The van der Waals surface area contributed by atoms with Gasteiger partial charge in [0.15, 0.2) is 5.69 Å². The molecule has 0 unspecified atom stereocenters. The molecular formula is C13H13N3O3. The van der Waals surface area contributed by atoms with E-state index >= 15 is 0 Å². The van der Waals surface area contributed by atoms with Crippen LogP contribution in [0.4, 0.5) is 0 Å². The Labute approximate surface area is 110 Å². The van der Waals surface area contributed by atoms with Crippen LogP contribution in [0.2, 0.25) is 0 Å². The standard InChI is InChI=1S/C13H13N3O3/c1-3-19-12-5-4-9(8(2)15-12)10-6-14-7-11(16-10)13(17)18/h4-7H,3H2,1-2H3,(H,17,18). The van der Waals surface area contributed by atoms with Gasteiger partial charge in [0.2, 0.25) is 5.88 Å². The van der Waals surface area contributed by atoms with E-state index in [9.17, 15) is 4.79 Å². The van der Waals surface area contributed by atoms with Crippen LogP contribution in [-0.4, -0.2) is 32.6 Å². The molecule has 0 spiro atoms. The van der Waals surface area contributed by atoms with Gasteiger partial charge in [-0.1, -0.05) is 0 Å². The van der Waals surface area contributed by atoms with Crippen molar-refractivity contribution in [2.45, 2.75) is 13.8 Å². The van der Waals surface area contributed by atoms with Crippen LogP contribution in [0.5, 0.6) is 5.88 Å². The summed E-state index contributed by atoms with van der Waals surface area (Å²) in [5.41, 5.74) is 1.83. The average molecular weight is 259 g/mol. The maximum absolute atomic E-state index is 10.9. The van der Waals surface area contributed by atoms with Gasteiger partial charge in [0.25, 0.3) is 0 Å². The van der Waals surface area contributed by atoms with E-state index in [2.05, 4.69) is 15.0 Å². The topological polar surface area (TPSA) is 85.2 Å². The average Bonchev–Trinajstić information content (AvgIpc) is 2.39. The van der Waals surface area contributed by atoms with E-state index < -0.39 is 5.97 Å². The van der Waals surface area contributed by atoms with E-state index in [-0.39, 0.29) is 5.69 Å². The number of hydrogen-bond donors (Lipinski definition) is 1. The minimum Gasteiger partial charge on any atom is -0.478 e. The van der Waals surface area contributed by atoms with Crippen molar-refractivity contribution in [3.63, 3.8) is 0 Å². The first-order valence-electron chi connectivity index (χ1n) is 5.78. The molecule has 98 valence electrons. The van der Waals surface area contributed by atoms with E-state index in [4.69, 9.17) is 9.84 Å². The molecule has 0 saturated heterocycles. The SMILES string of the molecule is CCOc1ccc(-c2cncc(C(=O)O)n2)c(C)n1. The second-order valence-electron chi connectivity index (χ2n) is 3.81. The van der Waals surface area contributed by atoms with E-state index in [1.165, 1.54) is 12.4 Å². The smallest absolute Gasteiger partial charge is 0.356 e. The van der Waals surface area contributed by atoms with Crippen LogP contribution in [0.15, 0.2) is 24.5 Å². The van der Waals surface area contributed by atoms with Crippen molar-refractivity contribution in [1.82, 2.24) is 15.0 Å². The van der Waals surface area contributed by atoms with Crippen molar-refractivity contribution < 1.29 is 14.6 Å². The molecule has 6 nitrogen and oxygen atoms in total. The zero-order valence-corrected chi connectivity index (χ0v) is 10.6. The van der Waals surface area contributed by atoms with Gasteiger partial charge >= 0.3 is 5.97 Å². The third kappa shape index (κ3) is 2.85. The van der Waals surface area contributed by atoms with Crippen molar-refractivity contribution in [2.75, 3.05) is 6.61 Å². The third-order valence-electron chi connectivity index (χ3n) is 2.48. The molecule has 0 aliphatic rings. The normalized spacial score (nSPS) is 10.2. The van der Waals surface area contributed by atoms with Crippen molar-refractivity contribution in [3.8, 4) is 17.1 Å². The van der Waals surface area contributed by atoms with E-state index in [1.54, 1.807) is 12.1 Å². The lowest BCUT2D eigenvalue weighted by atomic mass is 10.1. The first-order valence-corrected chi connectivity index (χ1v) is 5.78. The van der Waals surface area contributed by atoms with E-state index in [0.29, 0.717) is 23.9 Å². The highest BCUT2D eigenvalue weighted by Gasteiger charge is 2.10. The summed E-state index contributed by atoms with van der Waals surface area (Å²) in [6, 6.07) is 3.52. The second kappa shape index (κ2) is 5.43. The van der Waals surface area contributed by atoms with Crippen molar-refractivity contribution >= 4 is 5.97 Å². The molecule has 0 aliphatic carbocycles. The Morgan fingerprint density at radius 2 is 2.11 bits per heavy atom. The van der Waals surface area contributed by atoms with Gasteiger partial charge in [-0.3, -0.25) is 4.98 Å². The number of carboxylic acids is 1. The van der Waals surface area contributed by atoms with Gasteiger partial charge in [-0.15, -0.1) is 0 Å². The maximum Gasteiger partial charge on any atom is 0.356 e. The van der Waals surface area contributed by atoms with Crippen LogP contribution in [0.3, 0.4) is 0 Å². The van der Waals surface area contributed by atoms with Gasteiger partial charge in [0.1, 0.15) is 0 Å². The zero-order valence-electron chi connectivity index (χ0n) is 10.6. The third-order valence-corrected chi connectivity index (χ3v) is 2.48. The Bertz CT molecular complexity index is 614. The van der Waals surface area contributed by atoms with Crippen LogP contribution >= 0.6 is 0 Å². The number of aryl methyl sites for hydroxylation is 1. The van der Waals surface area contributed by atoms with Crippen LogP contribution in [0, 0.1) is 6.92 Å². The summed E-state index contributed by atoms with van der Waals surface area (Å²) >= 11 is 0. The number of carboxylic acid groups (broad SMARTS) is 1. The van der Waals surface area contributed by atoms with Crippen LogP contribution in [0.25, 0.3) is 11.3 Å². The molecule has 0 bridgehead atoms. The highest BCUT2D eigenvalue weighted by Crippen LogP contribution is 2.22. The van der Waals surface area contributed by atoms with Gasteiger partial charge in [0, 0.05) is 11.6 Å². The number of aromatic carboxylic acids is 1. The van der Waals surface area contributed by atoms with E-state index in [1.807, 2.05) is 13.8 Å². The molecule has 0 fully saturated rings. The number of nitrogens with zero attached hydrogens (tertiary/aromatic N) is 3. The summed E-state index contributed by atoms with van der Waals surface area (Å²) in [6.07, 6.45) is 2.72. The second-order valence-corrected chi connectivity index (χ2v) is 3.81. The molecule has 0 atom stereocenters. The molecule has 2 aromatic heterocycles. The summed E-state index contributed by atoms with van der Waals surface area (Å²) in [4.78, 5) is 23.1. The lowest BCUT2D eigenvalue weighted by Crippen LogP contribution is -2.03. The lowest BCUT2D eigenvalue weighted by Gasteiger charge is -2.07. The van der Waals surface area contributed by atoms with Crippen molar-refractivity contribution in [2.24, 2.45) is 0 Å². The minimum absolute atomic E-state index is 0.0919. The van der Waals surface area contributed by atoms with Crippen molar-refractivity contribution in [3.05, 3.63) is 35.9 Å². The zero-order chi connectivity index (χ0) is 13.8. The van der Waals surface area contributed by atoms with E-state index in [0.717, 1.165) is 5.56 Å². The Morgan fingerprint density at radius 3 is 2.74 bits per heavy atom. The number of ether oxygens (including phenoxy) is 1. The maximum atomic E-state index is 10.9. The number of hydrogen-bond acceptors (Lipinski definition) is 5. The molecule has 0 saturated carbocycles. The molecule has 0 amide bonds. The van der Waals surface area contributed by atoms with Crippen LogP contribution < -0.4 is 4.74 Å². The highest BCUT2D eigenvalue weighted by atomic mass is 16.5. The number of carbonyl (C=O) groups is 1. The summed E-state index contributed by atoms with van der Waals surface area (Å²) in [7, 11) is 0. The minimum atomic E-state index is -1.11. The summed E-state index contributed by atoms with van der Waals surface area (Å²) in [6.45, 7) is 4.24. The fourth-order valence-electron chi connectivity index (χ4n) is 1.64. The molecule has 19 heavy (non-hydrogen) atoms. The van der Waals surface area contributed by atoms with Gasteiger partial charge in [-0.2, -0.15) is 0 Å². The molecule has 6 heteroatoms. The first-order chi connectivity index (χ1) is 9.11. The Hall–Kier alpha value is -2.50. The molecule has 0 radical (unpaired) electrons. The molecule has 2 heterocycles. The van der Waals surface area contributed by atoms with Gasteiger partial charge in [-0.05, 0) is 19.9 Å². The largest absolute Gasteiger partial charge is 0.478 e. The molecule has 2 rings (SSSR count). The highest BCUT2D eigenvalue weighted by molar-refractivity contribution is 5.85. The molecule has 0 aromatic carbocycles. The van der Waals surface area contributed by atoms with Crippen LogP contribution in [-0.2, 0) is 0 Å². The Kier molecular flexibility index (Phi) is 3.70. The van der Waals surface area contributed by atoms with Gasteiger partial charge in [0.05, 0.1) is 30.4 Å². The van der Waals surface area contributed by atoms with Crippen LogP contribution in [0.1, 0.15) is 23.1 Å². The Balaban J connectivity index is 2.41. The molecule has 0 aliphatic heterocycles. The van der Waals surface area contributed by atoms with Gasteiger partial charge in [-0.25, -0.2) is 14.8 Å². The number of rotatable bonds is 4. The van der Waals surface area contributed by atoms with Gasteiger partial charge < -0.3 is 9.84 Å². The fraction of sp³-hybridized carbons (Fsp3) is 0.231. The Morgan fingerprint density at radius 1 is 1.32 bits per heavy atom. The predicted molar refractivity (Wildman–Crippen MR) is 68.1 cm³/mol.